The van der Waals surface area contributed by atoms with Crippen LogP contribution < -0.4 is 15.2 Å². The molecule has 0 saturated carbocycles. The third kappa shape index (κ3) is 4.63. The Labute approximate surface area is 127 Å². The van der Waals surface area contributed by atoms with Crippen LogP contribution in [0, 0.1) is 0 Å². The van der Waals surface area contributed by atoms with Gasteiger partial charge in [0.1, 0.15) is 0 Å². The molecule has 0 saturated heterocycles. The van der Waals surface area contributed by atoms with E-state index in [0.29, 0.717) is 43.4 Å². The van der Waals surface area contributed by atoms with Gasteiger partial charge in [0.25, 0.3) is 5.91 Å². The molecule has 0 aromatic heterocycles. The summed E-state index contributed by atoms with van der Waals surface area (Å²) in [6.45, 7) is 9.83. The zero-order valence-corrected chi connectivity index (χ0v) is 13.4. The summed E-state index contributed by atoms with van der Waals surface area (Å²) >= 11 is 0. The van der Waals surface area contributed by atoms with Crippen LogP contribution >= 0.6 is 0 Å². The Bertz CT molecular complexity index is 461. The first-order valence-electron chi connectivity index (χ1n) is 7.45. The second kappa shape index (κ2) is 8.52. The fourth-order valence-electron chi connectivity index (χ4n) is 2.08. The molecule has 118 valence electrons. The summed E-state index contributed by atoms with van der Waals surface area (Å²) in [6.07, 6.45) is 0. The zero-order chi connectivity index (χ0) is 15.8. The number of benzene rings is 1. The van der Waals surface area contributed by atoms with Gasteiger partial charge in [0.2, 0.25) is 0 Å². The molecule has 0 spiro atoms. The minimum absolute atomic E-state index is 0.0422. The molecule has 0 aliphatic carbocycles. The summed E-state index contributed by atoms with van der Waals surface area (Å²) in [4.78, 5) is 14.3. The highest BCUT2D eigenvalue weighted by molar-refractivity contribution is 5.95. The molecule has 0 atom stereocenters. The molecule has 21 heavy (non-hydrogen) atoms. The van der Waals surface area contributed by atoms with Crippen LogP contribution in [0.3, 0.4) is 0 Å². The number of rotatable bonds is 8. The van der Waals surface area contributed by atoms with E-state index in [2.05, 4.69) is 0 Å². The van der Waals surface area contributed by atoms with Gasteiger partial charge in [0, 0.05) is 24.7 Å². The minimum atomic E-state index is -0.0422. The minimum Gasteiger partial charge on any atom is -0.490 e. The van der Waals surface area contributed by atoms with Gasteiger partial charge in [-0.25, -0.2) is 0 Å². The number of ether oxygens (including phenoxy) is 2. The second-order valence-corrected chi connectivity index (χ2v) is 4.91. The smallest absolute Gasteiger partial charge is 0.254 e. The van der Waals surface area contributed by atoms with Crippen LogP contribution in [0.1, 0.15) is 38.1 Å². The highest BCUT2D eigenvalue weighted by Gasteiger charge is 2.19. The molecule has 1 rings (SSSR count). The largest absolute Gasteiger partial charge is 0.490 e. The Balaban J connectivity index is 3.06. The van der Waals surface area contributed by atoms with Crippen LogP contribution in [0.5, 0.6) is 11.5 Å². The van der Waals surface area contributed by atoms with Crippen LogP contribution in [0.15, 0.2) is 18.2 Å². The Morgan fingerprint density at radius 1 is 1.19 bits per heavy atom. The van der Waals surface area contributed by atoms with E-state index < -0.39 is 0 Å². The molecule has 1 aromatic rings. The van der Waals surface area contributed by atoms with Gasteiger partial charge < -0.3 is 20.1 Å². The van der Waals surface area contributed by atoms with Crippen molar-refractivity contribution in [2.45, 2.75) is 33.7 Å². The standard InChI is InChI=1S/C16H26N2O3/c1-5-20-14-8-7-13(11-15(14)21-6-2)16(19)18(10-9-17)12(3)4/h7-8,11-12H,5-6,9-10,17H2,1-4H3. The molecule has 0 aliphatic heterocycles. The lowest BCUT2D eigenvalue weighted by atomic mass is 10.1. The molecule has 0 heterocycles. The molecule has 0 radical (unpaired) electrons. The molecule has 5 nitrogen and oxygen atoms in total. The number of carbonyl (C=O) groups excluding carboxylic acids is 1. The molecule has 2 N–H and O–H groups in total. The van der Waals surface area contributed by atoms with Crippen molar-refractivity contribution in [3.05, 3.63) is 23.8 Å². The van der Waals surface area contributed by atoms with Crippen LogP contribution in [0.2, 0.25) is 0 Å². The Kier molecular flexibility index (Phi) is 7.02. The number of hydrogen-bond acceptors (Lipinski definition) is 4. The maximum atomic E-state index is 12.6. The molecular formula is C16H26N2O3. The van der Waals surface area contributed by atoms with Gasteiger partial charge in [-0.2, -0.15) is 0 Å². The molecule has 0 bridgehead atoms. The van der Waals surface area contributed by atoms with Crippen LogP contribution in [-0.2, 0) is 0 Å². The van der Waals surface area contributed by atoms with Gasteiger partial charge in [0.15, 0.2) is 11.5 Å². The van der Waals surface area contributed by atoms with Gasteiger partial charge in [-0.1, -0.05) is 0 Å². The van der Waals surface area contributed by atoms with Crippen molar-refractivity contribution in [2.24, 2.45) is 5.73 Å². The monoisotopic (exact) mass is 294 g/mol. The molecule has 5 heteroatoms. The van der Waals surface area contributed by atoms with E-state index in [-0.39, 0.29) is 11.9 Å². The van der Waals surface area contributed by atoms with E-state index in [9.17, 15) is 4.79 Å². The highest BCUT2D eigenvalue weighted by Crippen LogP contribution is 2.29. The van der Waals surface area contributed by atoms with E-state index in [1.165, 1.54) is 0 Å². The molecule has 0 unspecified atom stereocenters. The fraction of sp³-hybridized carbons (Fsp3) is 0.562. The molecule has 0 fully saturated rings. The molecule has 1 aromatic carbocycles. The Hall–Kier alpha value is -1.75. The third-order valence-electron chi connectivity index (χ3n) is 3.04. The predicted molar refractivity (Wildman–Crippen MR) is 84.0 cm³/mol. The Morgan fingerprint density at radius 3 is 2.33 bits per heavy atom. The summed E-state index contributed by atoms with van der Waals surface area (Å²) in [5.41, 5.74) is 6.17. The number of hydrogen-bond donors (Lipinski definition) is 1. The fourth-order valence-corrected chi connectivity index (χ4v) is 2.08. The van der Waals surface area contributed by atoms with Crippen LogP contribution in [0.25, 0.3) is 0 Å². The number of amides is 1. The molecule has 1 amide bonds. The first-order valence-corrected chi connectivity index (χ1v) is 7.45. The Morgan fingerprint density at radius 2 is 1.81 bits per heavy atom. The molecule has 0 aliphatic rings. The number of nitrogens with zero attached hydrogens (tertiary/aromatic N) is 1. The van der Waals surface area contributed by atoms with Gasteiger partial charge >= 0.3 is 0 Å². The van der Waals surface area contributed by atoms with E-state index in [1.54, 1.807) is 23.1 Å². The van der Waals surface area contributed by atoms with Crippen molar-refractivity contribution in [3.63, 3.8) is 0 Å². The van der Waals surface area contributed by atoms with E-state index in [0.717, 1.165) is 0 Å². The van der Waals surface area contributed by atoms with Gasteiger partial charge in [-0.05, 0) is 45.9 Å². The zero-order valence-electron chi connectivity index (χ0n) is 13.4. The first kappa shape index (κ1) is 17.3. The second-order valence-electron chi connectivity index (χ2n) is 4.91. The topological polar surface area (TPSA) is 64.8 Å². The lowest BCUT2D eigenvalue weighted by Crippen LogP contribution is -2.40. The quantitative estimate of drug-likeness (QED) is 0.799. The summed E-state index contributed by atoms with van der Waals surface area (Å²) in [5.74, 6) is 1.21. The third-order valence-corrected chi connectivity index (χ3v) is 3.04. The van der Waals surface area contributed by atoms with Crippen LogP contribution in [0.4, 0.5) is 0 Å². The summed E-state index contributed by atoms with van der Waals surface area (Å²) in [6, 6.07) is 5.39. The van der Waals surface area contributed by atoms with Gasteiger partial charge in [-0.15, -0.1) is 0 Å². The van der Waals surface area contributed by atoms with Crippen molar-refractivity contribution < 1.29 is 14.3 Å². The van der Waals surface area contributed by atoms with E-state index in [1.807, 2.05) is 27.7 Å². The van der Waals surface area contributed by atoms with E-state index >= 15 is 0 Å². The SMILES string of the molecule is CCOc1ccc(C(=O)N(CCN)C(C)C)cc1OCC. The van der Waals surface area contributed by atoms with E-state index in [4.69, 9.17) is 15.2 Å². The summed E-state index contributed by atoms with van der Waals surface area (Å²) in [5, 5.41) is 0. The average molecular weight is 294 g/mol. The summed E-state index contributed by atoms with van der Waals surface area (Å²) in [7, 11) is 0. The number of nitrogens with two attached hydrogens (primary N) is 1. The van der Waals surface area contributed by atoms with Crippen molar-refractivity contribution >= 4 is 5.91 Å². The predicted octanol–water partition coefficient (Wildman–Crippen LogP) is 2.29. The normalized spacial score (nSPS) is 10.6. The summed E-state index contributed by atoms with van der Waals surface area (Å²) < 4.78 is 11.1. The van der Waals surface area contributed by atoms with Crippen molar-refractivity contribution in [2.75, 3.05) is 26.3 Å². The van der Waals surface area contributed by atoms with Gasteiger partial charge in [-0.3, -0.25) is 4.79 Å². The lowest BCUT2D eigenvalue weighted by Gasteiger charge is -2.26. The van der Waals surface area contributed by atoms with Crippen molar-refractivity contribution in [3.8, 4) is 11.5 Å². The maximum absolute atomic E-state index is 12.6. The van der Waals surface area contributed by atoms with Gasteiger partial charge in [0.05, 0.1) is 13.2 Å². The van der Waals surface area contributed by atoms with Crippen LogP contribution in [-0.4, -0.2) is 43.2 Å². The molecular weight excluding hydrogens is 268 g/mol. The first-order chi connectivity index (χ1) is 10.0. The van der Waals surface area contributed by atoms with Crippen molar-refractivity contribution in [1.82, 2.24) is 4.90 Å². The van der Waals surface area contributed by atoms with Crippen molar-refractivity contribution in [1.29, 1.82) is 0 Å². The highest BCUT2D eigenvalue weighted by atomic mass is 16.5. The maximum Gasteiger partial charge on any atom is 0.254 e. The lowest BCUT2D eigenvalue weighted by molar-refractivity contribution is 0.0711. The number of carbonyl (C=O) groups is 1. The average Bonchev–Trinajstić information content (AvgIpc) is 2.46.